The second-order valence-corrected chi connectivity index (χ2v) is 7.83. The van der Waals surface area contributed by atoms with Crippen LogP contribution in [0.25, 0.3) is 0 Å². The molecule has 0 radical (unpaired) electrons. The zero-order chi connectivity index (χ0) is 22.0. The highest BCUT2D eigenvalue weighted by molar-refractivity contribution is 6.31. The van der Waals surface area contributed by atoms with E-state index in [4.69, 9.17) is 16.6 Å². The fourth-order valence-electron chi connectivity index (χ4n) is 3.64. The first-order valence-corrected chi connectivity index (χ1v) is 10.4. The number of hydrogen-bond acceptors (Lipinski definition) is 3. The summed E-state index contributed by atoms with van der Waals surface area (Å²) < 4.78 is 0. The topological polar surface area (TPSA) is 61.8 Å². The van der Waals surface area contributed by atoms with Crippen molar-refractivity contribution in [1.29, 1.82) is 0 Å². The first-order valence-electron chi connectivity index (χ1n) is 10.0. The summed E-state index contributed by atoms with van der Waals surface area (Å²) in [5, 5.41) is 3.45. The lowest BCUT2D eigenvalue weighted by molar-refractivity contribution is -0.122. The molecular formula is C25H22ClN3O2. The van der Waals surface area contributed by atoms with Crippen LogP contribution in [0.15, 0.2) is 77.8 Å². The standard InChI is InChI=1S/C25H22ClN3O2/c1-16-20(26)12-8-13-21(16)28-23(30)15-29-22-14-7-6-11-19(22)24(27-17(2)25(29)31)18-9-4-3-5-10-18/h3-14,17H,15H2,1-2H3,(H,28,30)/t17-/m0/s1. The van der Waals surface area contributed by atoms with E-state index in [0.717, 1.165) is 22.4 Å². The molecule has 1 aliphatic heterocycles. The molecule has 1 aliphatic rings. The summed E-state index contributed by atoms with van der Waals surface area (Å²) >= 11 is 6.16. The van der Waals surface area contributed by atoms with Gasteiger partial charge in [0.25, 0.3) is 5.91 Å². The molecule has 3 aromatic carbocycles. The number of benzene rings is 3. The van der Waals surface area contributed by atoms with Crippen molar-refractivity contribution in [2.45, 2.75) is 19.9 Å². The van der Waals surface area contributed by atoms with Gasteiger partial charge < -0.3 is 10.2 Å². The molecule has 2 amide bonds. The molecule has 0 unspecified atom stereocenters. The molecule has 156 valence electrons. The summed E-state index contributed by atoms with van der Waals surface area (Å²) in [7, 11) is 0. The number of carbonyl (C=O) groups is 2. The molecule has 0 fully saturated rings. The number of para-hydroxylation sites is 1. The third kappa shape index (κ3) is 4.23. The van der Waals surface area contributed by atoms with Crippen LogP contribution in [0.1, 0.15) is 23.6 Å². The van der Waals surface area contributed by atoms with E-state index in [9.17, 15) is 9.59 Å². The summed E-state index contributed by atoms with van der Waals surface area (Å²) in [6.45, 7) is 3.47. The summed E-state index contributed by atoms with van der Waals surface area (Å²) in [4.78, 5) is 32.3. The highest BCUT2D eigenvalue weighted by Crippen LogP contribution is 2.29. The highest BCUT2D eigenvalue weighted by Gasteiger charge is 2.30. The maximum absolute atomic E-state index is 13.2. The molecule has 5 nitrogen and oxygen atoms in total. The quantitative estimate of drug-likeness (QED) is 0.641. The minimum absolute atomic E-state index is 0.121. The monoisotopic (exact) mass is 431 g/mol. The average molecular weight is 432 g/mol. The van der Waals surface area contributed by atoms with E-state index in [1.807, 2.05) is 61.5 Å². The Morgan fingerprint density at radius 3 is 2.52 bits per heavy atom. The molecule has 0 aliphatic carbocycles. The van der Waals surface area contributed by atoms with Crippen LogP contribution in [-0.2, 0) is 9.59 Å². The lowest BCUT2D eigenvalue weighted by Crippen LogP contribution is -2.42. The van der Waals surface area contributed by atoms with Gasteiger partial charge in [0.05, 0.1) is 11.4 Å². The van der Waals surface area contributed by atoms with Crippen LogP contribution in [0.4, 0.5) is 11.4 Å². The van der Waals surface area contributed by atoms with Gasteiger partial charge in [-0.15, -0.1) is 0 Å². The number of rotatable bonds is 4. The van der Waals surface area contributed by atoms with Crippen LogP contribution >= 0.6 is 11.6 Å². The van der Waals surface area contributed by atoms with Gasteiger partial charge in [-0.3, -0.25) is 14.6 Å². The molecule has 1 N–H and O–H groups in total. The molecule has 1 atom stereocenters. The molecule has 6 heteroatoms. The number of anilines is 2. The number of aliphatic imine (C=N–C) groups is 1. The van der Waals surface area contributed by atoms with Gasteiger partial charge in [0.15, 0.2) is 0 Å². The third-order valence-electron chi connectivity index (χ3n) is 5.29. The van der Waals surface area contributed by atoms with E-state index in [1.165, 1.54) is 4.90 Å². The summed E-state index contributed by atoms with van der Waals surface area (Å²) in [5.41, 5.74) is 4.56. The molecule has 1 heterocycles. The number of nitrogens with one attached hydrogen (secondary N) is 1. The summed E-state index contributed by atoms with van der Waals surface area (Å²) in [6.07, 6.45) is 0. The van der Waals surface area contributed by atoms with Crippen molar-refractivity contribution in [2.75, 3.05) is 16.8 Å². The van der Waals surface area contributed by atoms with Gasteiger partial charge in [-0.05, 0) is 37.6 Å². The maximum Gasteiger partial charge on any atom is 0.252 e. The molecular weight excluding hydrogens is 410 g/mol. The smallest absolute Gasteiger partial charge is 0.252 e. The highest BCUT2D eigenvalue weighted by atomic mass is 35.5. The third-order valence-corrected chi connectivity index (χ3v) is 5.70. The molecule has 0 saturated carbocycles. The van der Waals surface area contributed by atoms with Gasteiger partial charge in [-0.1, -0.05) is 66.2 Å². The molecule has 0 saturated heterocycles. The Balaban J connectivity index is 1.68. The van der Waals surface area contributed by atoms with Crippen molar-refractivity contribution in [1.82, 2.24) is 0 Å². The predicted molar refractivity (Wildman–Crippen MR) is 125 cm³/mol. The van der Waals surface area contributed by atoms with Crippen molar-refractivity contribution >= 4 is 40.5 Å². The molecule has 31 heavy (non-hydrogen) atoms. The van der Waals surface area contributed by atoms with Crippen LogP contribution in [0.2, 0.25) is 5.02 Å². The predicted octanol–water partition coefficient (Wildman–Crippen LogP) is 4.86. The molecule has 4 rings (SSSR count). The van der Waals surface area contributed by atoms with Gasteiger partial charge in [-0.2, -0.15) is 0 Å². The Morgan fingerprint density at radius 1 is 1.03 bits per heavy atom. The van der Waals surface area contributed by atoms with Crippen LogP contribution in [0, 0.1) is 6.92 Å². The largest absolute Gasteiger partial charge is 0.324 e. The van der Waals surface area contributed by atoms with E-state index >= 15 is 0 Å². The summed E-state index contributed by atoms with van der Waals surface area (Å²) in [5.74, 6) is -0.528. The SMILES string of the molecule is Cc1c(Cl)cccc1NC(=O)CN1C(=O)[C@H](C)N=C(c2ccccc2)c2ccccc21. The fraction of sp³-hybridized carbons (Fsp3) is 0.160. The lowest BCUT2D eigenvalue weighted by Gasteiger charge is -2.24. The Hall–Kier alpha value is -3.44. The zero-order valence-electron chi connectivity index (χ0n) is 17.3. The molecule has 0 spiro atoms. The second-order valence-electron chi connectivity index (χ2n) is 7.42. The number of halogens is 1. The second kappa shape index (κ2) is 8.74. The fourth-order valence-corrected chi connectivity index (χ4v) is 3.81. The number of amides is 2. The number of fused-ring (bicyclic) bond motifs is 1. The van der Waals surface area contributed by atoms with Gasteiger partial charge in [0.1, 0.15) is 12.6 Å². The average Bonchev–Trinajstić information content (AvgIpc) is 2.88. The van der Waals surface area contributed by atoms with Crippen molar-refractivity contribution in [2.24, 2.45) is 4.99 Å². The van der Waals surface area contributed by atoms with Crippen molar-refractivity contribution in [3.8, 4) is 0 Å². The number of nitrogens with zero attached hydrogens (tertiary/aromatic N) is 2. The lowest BCUT2D eigenvalue weighted by atomic mass is 10.0. The normalized spacial score (nSPS) is 15.7. The number of carbonyl (C=O) groups excluding carboxylic acids is 2. The first kappa shape index (κ1) is 20.8. The Bertz CT molecular complexity index is 1170. The van der Waals surface area contributed by atoms with E-state index in [-0.39, 0.29) is 18.4 Å². The van der Waals surface area contributed by atoms with Gasteiger partial charge >= 0.3 is 0 Å². The van der Waals surface area contributed by atoms with Crippen LogP contribution in [0.3, 0.4) is 0 Å². The summed E-state index contributed by atoms with van der Waals surface area (Å²) in [6, 6.07) is 22.0. The van der Waals surface area contributed by atoms with E-state index in [1.54, 1.807) is 25.1 Å². The van der Waals surface area contributed by atoms with E-state index in [2.05, 4.69) is 5.32 Å². The molecule has 0 bridgehead atoms. The zero-order valence-corrected chi connectivity index (χ0v) is 18.1. The molecule has 0 aromatic heterocycles. The first-order chi connectivity index (χ1) is 15.0. The van der Waals surface area contributed by atoms with Crippen molar-refractivity contribution < 1.29 is 9.59 Å². The van der Waals surface area contributed by atoms with Gasteiger partial charge in [0.2, 0.25) is 5.91 Å². The Labute approximate surface area is 186 Å². The van der Waals surface area contributed by atoms with Gasteiger partial charge in [0, 0.05) is 21.8 Å². The van der Waals surface area contributed by atoms with Gasteiger partial charge in [-0.25, -0.2) is 0 Å². The molecule has 3 aromatic rings. The number of benzodiazepines with no additional fused rings is 1. The Morgan fingerprint density at radius 2 is 1.74 bits per heavy atom. The maximum atomic E-state index is 13.2. The van der Waals surface area contributed by atoms with Crippen LogP contribution in [0.5, 0.6) is 0 Å². The van der Waals surface area contributed by atoms with Crippen molar-refractivity contribution in [3.05, 3.63) is 94.5 Å². The minimum Gasteiger partial charge on any atom is -0.324 e. The number of hydrogen-bond donors (Lipinski definition) is 1. The minimum atomic E-state index is -0.622. The van der Waals surface area contributed by atoms with E-state index in [0.29, 0.717) is 16.4 Å². The van der Waals surface area contributed by atoms with Crippen LogP contribution in [-0.4, -0.2) is 30.1 Å². The van der Waals surface area contributed by atoms with E-state index < -0.39 is 6.04 Å². The Kier molecular flexibility index (Phi) is 5.87. The van der Waals surface area contributed by atoms with Crippen molar-refractivity contribution in [3.63, 3.8) is 0 Å². The van der Waals surface area contributed by atoms with Crippen LogP contribution < -0.4 is 10.2 Å².